The van der Waals surface area contributed by atoms with Crippen molar-refractivity contribution in [1.29, 1.82) is 5.26 Å². The van der Waals surface area contributed by atoms with Gasteiger partial charge < -0.3 is 0 Å². The molecule has 5 heteroatoms. The van der Waals surface area contributed by atoms with Crippen LogP contribution in [0.4, 0.5) is 0 Å². The second kappa shape index (κ2) is 4.73. The van der Waals surface area contributed by atoms with Crippen molar-refractivity contribution in [3.8, 4) is 6.07 Å². The van der Waals surface area contributed by atoms with Crippen LogP contribution in [0.5, 0.6) is 0 Å². The fourth-order valence-corrected chi connectivity index (χ4v) is 1.80. The third-order valence-electron chi connectivity index (χ3n) is 1.84. The highest BCUT2D eigenvalue weighted by Gasteiger charge is 2.06. The monoisotopic (exact) mass is 228 g/mol. The van der Waals surface area contributed by atoms with Gasteiger partial charge in [0.15, 0.2) is 5.16 Å². The van der Waals surface area contributed by atoms with E-state index >= 15 is 0 Å². The SMILES string of the molecule is Cc1cnc(Sc2ncccc2C#N)nc1. The van der Waals surface area contributed by atoms with Crippen molar-refractivity contribution in [3.05, 3.63) is 41.9 Å². The summed E-state index contributed by atoms with van der Waals surface area (Å²) < 4.78 is 0. The van der Waals surface area contributed by atoms with Crippen molar-refractivity contribution in [1.82, 2.24) is 15.0 Å². The minimum Gasteiger partial charge on any atom is -0.248 e. The quantitative estimate of drug-likeness (QED) is 0.737. The van der Waals surface area contributed by atoms with Gasteiger partial charge in [0.2, 0.25) is 0 Å². The Hall–Kier alpha value is -1.93. The Labute approximate surface area is 97.4 Å². The average Bonchev–Trinajstić information content (AvgIpc) is 2.33. The zero-order valence-electron chi connectivity index (χ0n) is 8.58. The third-order valence-corrected chi connectivity index (χ3v) is 2.75. The number of hydrogen-bond donors (Lipinski definition) is 0. The van der Waals surface area contributed by atoms with E-state index < -0.39 is 0 Å². The smallest absolute Gasteiger partial charge is 0.193 e. The van der Waals surface area contributed by atoms with E-state index in [9.17, 15) is 0 Å². The molecule has 0 atom stereocenters. The van der Waals surface area contributed by atoms with Gasteiger partial charge in [0.1, 0.15) is 11.1 Å². The molecule has 78 valence electrons. The summed E-state index contributed by atoms with van der Waals surface area (Å²) in [5, 5.41) is 10.1. The molecule has 0 fully saturated rings. The predicted octanol–water partition coefficient (Wildman–Crippen LogP) is 2.20. The van der Waals surface area contributed by atoms with Crippen molar-refractivity contribution in [2.75, 3.05) is 0 Å². The van der Waals surface area contributed by atoms with Gasteiger partial charge in [-0.25, -0.2) is 15.0 Å². The number of nitrogens with zero attached hydrogens (tertiary/aromatic N) is 4. The molecule has 0 amide bonds. The lowest BCUT2D eigenvalue weighted by Gasteiger charge is -2.00. The Morgan fingerprint density at radius 2 is 2.00 bits per heavy atom. The van der Waals surface area contributed by atoms with Crippen molar-refractivity contribution in [2.24, 2.45) is 0 Å². The number of rotatable bonds is 2. The molecule has 0 saturated heterocycles. The fraction of sp³-hybridized carbons (Fsp3) is 0.0909. The highest BCUT2D eigenvalue weighted by atomic mass is 32.2. The van der Waals surface area contributed by atoms with Crippen LogP contribution >= 0.6 is 11.8 Å². The fourth-order valence-electron chi connectivity index (χ4n) is 1.08. The molecule has 0 spiro atoms. The molecule has 0 radical (unpaired) electrons. The van der Waals surface area contributed by atoms with E-state index in [1.165, 1.54) is 11.8 Å². The topological polar surface area (TPSA) is 62.5 Å². The molecule has 16 heavy (non-hydrogen) atoms. The zero-order chi connectivity index (χ0) is 11.4. The number of aryl methyl sites for hydroxylation is 1. The lowest BCUT2D eigenvalue weighted by molar-refractivity contribution is 0.943. The molecular formula is C11H8N4S. The van der Waals surface area contributed by atoms with Crippen LogP contribution in [0.15, 0.2) is 40.9 Å². The first-order chi connectivity index (χ1) is 7.79. The number of nitriles is 1. The molecule has 0 saturated carbocycles. The Kier molecular flexibility index (Phi) is 3.13. The molecule has 0 aromatic carbocycles. The summed E-state index contributed by atoms with van der Waals surface area (Å²) in [6.45, 7) is 1.93. The van der Waals surface area contributed by atoms with E-state index in [-0.39, 0.29) is 0 Å². The van der Waals surface area contributed by atoms with Crippen LogP contribution in [-0.2, 0) is 0 Å². The van der Waals surface area contributed by atoms with E-state index in [2.05, 4.69) is 21.0 Å². The van der Waals surface area contributed by atoms with Crippen LogP contribution in [0.3, 0.4) is 0 Å². The van der Waals surface area contributed by atoms with Crippen LogP contribution < -0.4 is 0 Å². The molecule has 2 heterocycles. The van der Waals surface area contributed by atoms with Gasteiger partial charge in [0.05, 0.1) is 5.56 Å². The summed E-state index contributed by atoms with van der Waals surface area (Å²) in [6.07, 6.45) is 5.13. The summed E-state index contributed by atoms with van der Waals surface area (Å²) in [6, 6.07) is 5.55. The first-order valence-corrected chi connectivity index (χ1v) is 5.43. The first kappa shape index (κ1) is 10.6. The molecule has 0 N–H and O–H groups in total. The Bertz CT molecular complexity index is 530. The van der Waals surface area contributed by atoms with Crippen LogP contribution in [0.2, 0.25) is 0 Å². The number of pyridine rings is 1. The van der Waals surface area contributed by atoms with E-state index in [1.807, 2.05) is 6.92 Å². The van der Waals surface area contributed by atoms with Crippen LogP contribution in [0.1, 0.15) is 11.1 Å². The number of aromatic nitrogens is 3. The van der Waals surface area contributed by atoms with Crippen LogP contribution in [0, 0.1) is 18.3 Å². The standard InChI is InChI=1S/C11H8N4S/c1-8-6-14-11(15-7-8)16-10-9(5-12)3-2-4-13-10/h2-4,6-7H,1H3. The average molecular weight is 228 g/mol. The molecule has 2 aromatic rings. The Morgan fingerprint density at radius 3 is 2.69 bits per heavy atom. The van der Waals surface area contributed by atoms with Crippen molar-refractivity contribution in [3.63, 3.8) is 0 Å². The molecule has 0 bridgehead atoms. The molecular weight excluding hydrogens is 220 g/mol. The molecule has 2 rings (SSSR count). The first-order valence-electron chi connectivity index (χ1n) is 4.61. The normalized spacial score (nSPS) is 9.75. The van der Waals surface area contributed by atoms with Gasteiger partial charge in [-0.15, -0.1) is 0 Å². The summed E-state index contributed by atoms with van der Waals surface area (Å²) in [5.41, 5.74) is 1.54. The number of hydrogen-bond acceptors (Lipinski definition) is 5. The second-order valence-corrected chi connectivity index (χ2v) is 4.07. The zero-order valence-corrected chi connectivity index (χ0v) is 9.40. The third kappa shape index (κ3) is 2.35. The molecule has 4 nitrogen and oxygen atoms in total. The van der Waals surface area contributed by atoms with Crippen LogP contribution in [-0.4, -0.2) is 15.0 Å². The molecule has 0 aliphatic heterocycles. The Morgan fingerprint density at radius 1 is 1.25 bits per heavy atom. The highest BCUT2D eigenvalue weighted by Crippen LogP contribution is 2.24. The van der Waals surface area contributed by atoms with Crippen molar-refractivity contribution < 1.29 is 0 Å². The molecule has 0 aliphatic rings. The van der Waals surface area contributed by atoms with Crippen LogP contribution in [0.25, 0.3) is 0 Å². The maximum absolute atomic E-state index is 8.90. The maximum atomic E-state index is 8.90. The van der Waals surface area contributed by atoms with Crippen molar-refractivity contribution >= 4 is 11.8 Å². The van der Waals surface area contributed by atoms with E-state index in [0.29, 0.717) is 15.7 Å². The second-order valence-electron chi connectivity index (χ2n) is 3.11. The predicted molar refractivity (Wildman–Crippen MR) is 59.8 cm³/mol. The summed E-state index contributed by atoms with van der Waals surface area (Å²) in [4.78, 5) is 12.4. The molecule has 0 unspecified atom stereocenters. The summed E-state index contributed by atoms with van der Waals surface area (Å²) >= 11 is 1.29. The highest BCUT2D eigenvalue weighted by molar-refractivity contribution is 7.99. The lowest BCUT2D eigenvalue weighted by Crippen LogP contribution is -1.90. The van der Waals surface area contributed by atoms with Crippen molar-refractivity contribution in [2.45, 2.75) is 17.1 Å². The summed E-state index contributed by atoms with van der Waals surface area (Å²) in [5.74, 6) is 0. The van der Waals surface area contributed by atoms with Gasteiger partial charge >= 0.3 is 0 Å². The minimum atomic E-state index is 0.539. The maximum Gasteiger partial charge on any atom is 0.193 e. The minimum absolute atomic E-state index is 0.539. The lowest BCUT2D eigenvalue weighted by atomic mass is 10.3. The molecule has 2 aromatic heterocycles. The van der Waals surface area contributed by atoms with Gasteiger partial charge in [-0.2, -0.15) is 5.26 Å². The van der Waals surface area contributed by atoms with E-state index in [4.69, 9.17) is 5.26 Å². The largest absolute Gasteiger partial charge is 0.248 e. The van der Waals surface area contributed by atoms with Gasteiger partial charge in [0, 0.05) is 18.6 Å². The van der Waals surface area contributed by atoms with E-state index in [1.54, 1.807) is 30.7 Å². The van der Waals surface area contributed by atoms with Gasteiger partial charge in [-0.3, -0.25) is 0 Å². The Balaban J connectivity index is 2.27. The molecule has 0 aliphatic carbocycles. The van der Waals surface area contributed by atoms with Gasteiger partial charge in [-0.1, -0.05) is 0 Å². The van der Waals surface area contributed by atoms with Gasteiger partial charge in [-0.05, 0) is 36.4 Å². The van der Waals surface area contributed by atoms with Gasteiger partial charge in [0.25, 0.3) is 0 Å². The summed E-state index contributed by atoms with van der Waals surface area (Å²) in [7, 11) is 0. The van der Waals surface area contributed by atoms with E-state index in [0.717, 1.165) is 5.56 Å².